The molecule has 0 saturated heterocycles. The van der Waals surface area contributed by atoms with Crippen molar-refractivity contribution in [3.8, 4) is 0 Å². The molecule has 0 amide bonds. The molecule has 0 aromatic heterocycles. The summed E-state index contributed by atoms with van der Waals surface area (Å²) in [6, 6.07) is 6.53. The van der Waals surface area contributed by atoms with E-state index in [-0.39, 0.29) is 0 Å². The van der Waals surface area contributed by atoms with Crippen LogP contribution in [0.25, 0.3) is 0 Å². The smallest absolute Gasteiger partial charge is 0.0411 e. The van der Waals surface area contributed by atoms with Crippen molar-refractivity contribution in [2.45, 2.75) is 13.3 Å². The van der Waals surface area contributed by atoms with E-state index in [9.17, 15) is 0 Å². The molecule has 0 saturated carbocycles. The molecule has 17 heavy (non-hydrogen) atoms. The van der Waals surface area contributed by atoms with Crippen molar-refractivity contribution in [3.05, 3.63) is 23.8 Å². The maximum atomic E-state index is 3.47. The second-order valence-electron chi connectivity index (χ2n) is 4.98. The van der Waals surface area contributed by atoms with Crippen LogP contribution in [0.3, 0.4) is 0 Å². The Morgan fingerprint density at radius 3 is 2.41 bits per heavy atom. The summed E-state index contributed by atoms with van der Waals surface area (Å²) in [7, 11) is 8.38. The Labute approximate surface area is 105 Å². The number of rotatable bonds is 6. The van der Waals surface area contributed by atoms with Crippen LogP contribution in [0.1, 0.15) is 12.0 Å². The molecule has 0 atom stereocenters. The van der Waals surface area contributed by atoms with Gasteiger partial charge in [0, 0.05) is 32.0 Å². The zero-order chi connectivity index (χ0) is 12.8. The first-order chi connectivity index (χ1) is 8.00. The molecule has 0 unspecified atom stereocenters. The van der Waals surface area contributed by atoms with E-state index in [4.69, 9.17) is 0 Å². The largest absolute Gasteiger partial charge is 0.385 e. The van der Waals surface area contributed by atoms with Crippen molar-refractivity contribution in [1.29, 1.82) is 0 Å². The van der Waals surface area contributed by atoms with Gasteiger partial charge in [-0.15, -0.1) is 0 Å². The fourth-order valence-electron chi connectivity index (χ4n) is 1.83. The van der Waals surface area contributed by atoms with E-state index in [0.29, 0.717) is 0 Å². The topological polar surface area (TPSA) is 18.5 Å². The van der Waals surface area contributed by atoms with Crippen LogP contribution in [0.15, 0.2) is 18.2 Å². The van der Waals surface area contributed by atoms with E-state index in [1.807, 2.05) is 0 Å². The van der Waals surface area contributed by atoms with Gasteiger partial charge in [-0.25, -0.2) is 0 Å². The summed E-state index contributed by atoms with van der Waals surface area (Å²) in [5, 5.41) is 3.47. The first-order valence-corrected chi connectivity index (χ1v) is 6.17. The van der Waals surface area contributed by atoms with Gasteiger partial charge >= 0.3 is 0 Å². The highest BCUT2D eigenvalue weighted by Crippen LogP contribution is 2.22. The van der Waals surface area contributed by atoms with Gasteiger partial charge in [0.25, 0.3) is 0 Å². The molecule has 1 aromatic carbocycles. The van der Waals surface area contributed by atoms with Crippen LogP contribution in [-0.4, -0.2) is 46.2 Å². The highest BCUT2D eigenvalue weighted by atomic mass is 15.1. The van der Waals surface area contributed by atoms with Crippen LogP contribution in [0.4, 0.5) is 11.4 Å². The normalized spacial score (nSPS) is 10.7. The van der Waals surface area contributed by atoms with E-state index >= 15 is 0 Å². The summed E-state index contributed by atoms with van der Waals surface area (Å²) < 4.78 is 0. The first-order valence-electron chi connectivity index (χ1n) is 6.17. The lowest BCUT2D eigenvalue weighted by Gasteiger charge is -2.17. The minimum atomic E-state index is 1.02. The van der Waals surface area contributed by atoms with Crippen molar-refractivity contribution >= 4 is 11.4 Å². The highest BCUT2D eigenvalue weighted by Gasteiger charge is 2.01. The third kappa shape index (κ3) is 4.65. The zero-order valence-corrected chi connectivity index (χ0v) is 11.7. The van der Waals surface area contributed by atoms with Crippen molar-refractivity contribution in [1.82, 2.24) is 4.90 Å². The van der Waals surface area contributed by atoms with Crippen molar-refractivity contribution < 1.29 is 0 Å². The molecule has 0 aliphatic rings. The lowest BCUT2D eigenvalue weighted by molar-refractivity contribution is 0.405. The number of nitrogens with one attached hydrogen (secondary N) is 1. The lowest BCUT2D eigenvalue weighted by Crippen LogP contribution is -2.16. The van der Waals surface area contributed by atoms with Crippen molar-refractivity contribution in [2.75, 3.05) is 51.5 Å². The SMILES string of the molecule is Cc1ccc(NCCCN(C)C)cc1N(C)C. The van der Waals surface area contributed by atoms with Gasteiger partial charge in [-0.3, -0.25) is 0 Å². The zero-order valence-electron chi connectivity index (χ0n) is 11.7. The molecule has 0 bridgehead atoms. The number of nitrogens with zero attached hydrogens (tertiary/aromatic N) is 2. The molecule has 3 nitrogen and oxygen atoms in total. The van der Waals surface area contributed by atoms with E-state index in [0.717, 1.165) is 19.5 Å². The number of aryl methyl sites for hydroxylation is 1. The van der Waals surface area contributed by atoms with E-state index in [1.165, 1.54) is 16.9 Å². The third-order valence-electron chi connectivity index (χ3n) is 2.80. The summed E-state index contributed by atoms with van der Waals surface area (Å²) in [5.74, 6) is 0. The summed E-state index contributed by atoms with van der Waals surface area (Å²) >= 11 is 0. The molecule has 0 spiro atoms. The van der Waals surface area contributed by atoms with Crippen LogP contribution in [0.2, 0.25) is 0 Å². The van der Waals surface area contributed by atoms with Gasteiger partial charge in [-0.2, -0.15) is 0 Å². The van der Waals surface area contributed by atoms with E-state index in [2.05, 4.69) is 68.4 Å². The lowest BCUT2D eigenvalue weighted by atomic mass is 10.1. The molecule has 1 N–H and O–H groups in total. The quantitative estimate of drug-likeness (QED) is 0.764. The summed E-state index contributed by atoms with van der Waals surface area (Å²) in [5.41, 5.74) is 3.80. The Balaban J connectivity index is 2.51. The predicted octanol–water partition coefficient (Wildman–Crippen LogP) is 2.42. The Hall–Kier alpha value is -1.22. The van der Waals surface area contributed by atoms with Gasteiger partial charge in [-0.1, -0.05) is 6.07 Å². The Kier molecular flexibility index (Phi) is 5.29. The number of hydrogen-bond acceptors (Lipinski definition) is 3. The van der Waals surface area contributed by atoms with Crippen molar-refractivity contribution in [3.63, 3.8) is 0 Å². The molecule has 96 valence electrons. The van der Waals surface area contributed by atoms with Gasteiger partial charge in [0.1, 0.15) is 0 Å². The Bertz CT molecular complexity index is 345. The van der Waals surface area contributed by atoms with Crippen molar-refractivity contribution in [2.24, 2.45) is 0 Å². The maximum Gasteiger partial charge on any atom is 0.0411 e. The minimum absolute atomic E-state index is 1.02. The van der Waals surface area contributed by atoms with E-state index in [1.54, 1.807) is 0 Å². The molecule has 0 fully saturated rings. The predicted molar refractivity (Wildman–Crippen MR) is 77.2 cm³/mol. The van der Waals surface area contributed by atoms with Crippen LogP contribution in [0, 0.1) is 6.92 Å². The molecule has 0 heterocycles. The molecule has 0 radical (unpaired) electrons. The monoisotopic (exact) mass is 235 g/mol. The fraction of sp³-hybridized carbons (Fsp3) is 0.571. The number of anilines is 2. The molecule has 0 aliphatic carbocycles. The highest BCUT2D eigenvalue weighted by molar-refractivity contribution is 5.61. The van der Waals surface area contributed by atoms with Crippen LogP contribution < -0.4 is 10.2 Å². The molecular weight excluding hydrogens is 210 g/mol. The second-order valence-corrected chi connectivity index (χ2v) is 4.98. The Morgan fingerprint density at radius 2 is 1.82 bits per heavy atom. The van der Waals surface area contributed by atoms with Crippen LogP contribution in [0.5, 0.6) is 0 Å². The van der Waals surface area contributed by atoms with Gasteiger partial charge in [0.05, 0.1) is 0 Å². The molecule has 0 aliphatic heterocycles. The minimum Gasteiger partial charge on any atom is -0.385 e. The molecule has 1 aromatic rings. The second kappa shape index (κ2) is 6.50. The third-order valence-corrected chi connectivity index (χ3v) is 2.80. The summed E-state index contributed by atoms with van der Waals surface area (Å²) in [4.78, 5) is 4.36. The number of hydrogen-bond donors (Lipinski definition) is 1. The van der Waals surface area contributed by atoms with E-state index < -0.39 is 0 Å². The fourth-order valence-corrected chi connectivity index (χ4v) is 1.83. The summed E-state index contributed by atoms with van der Waals surface area (Å²) in [6.07, 6.45) is 1.16. The summed E-state index contributed by atoms with van der Waals surface area (Å²) in [6.45, 7) is 4.29. The van der Waals surface area contributed by atoms with Gasteiger partial charge in [0.2, 0.25) is 0 Å². The Morgan fingerprint density at radius 1 is 1.12 bits per heavy atom. The average molecular weight is 235 g/mol. The standard InChI is InChI=1S/C14H25N3/c1-12-7-8-13(11-14(12)17(4)5)15-9-6-10-16(2)3/h7-8,11,15H,6,9-10H2,1-5H3. The van der Waals surface area contributed by atoms with Crippen LogP contribution >= 0.6 is 0 Å². The average Bonchev–Trinajstić information content (AvgIpc) is 2.25. The van der Waals surface area contributed by atoms with Crippen LogP contribution in [-0.2, 0) is 0 Å². The maximum absolute atomic E-state index is 3.47. The molecule has 3 heteroatoms. The van der Waals surface area contributed by atoms with Gasteiger partial charge in [-0.05, 0) is 51.7 Å². The van der Waals surface area contributed by atoms with Gasteiger partial charge < -0.3 is 15.1 Å². The molecule has 1 rings (SSSR count). The number of benzene rings is 1. The first kappa shape index (κ1) is 13.8. The molecular formula is C14H25N3. The van der Waals surface area contributed by atoms with Gasteiger partial charge in [0.15, 0.2) is 0 Å².